The van der Waals surface area contributed by atoms with E-state index >= 15 is 0 Å². The first kappa shape index (κ1) is 8.95. The van der Waals surface area contributed by atoms with Gasteiger partial charge in [0.25, 0.3) is 0 Å². The van der Waals surface area contributed by atoms with Crippen molar-refractivity contribution >= 4 is 62.0 Å². The van der Waals surface area contributed by atoms with Gasteiger partial charge < -0.3 is 0 Å². The van der Waals surface area contributed by atoms with E-state index in [-0.39, 0.29) is 0 Å². The molecular formula is C3H8AlI2N. The van der Waals surface area contributed by atoms with E-state index in [1.54, 1.807) is 0 Å². The van der Waals surface area contributed by atoms with Gasteiger partial charge in [0.15, 0.2) is 0 Å². The molecule has 0 fully saturated rings. The number of hydrogen-bond donors (Lipinski definition) is 0. The summed E-state index contributed by atoms with van der Waals surface area (Å²) >= 11 is 5.83. The van der Waals surface area contributed by atoms with Crippen LogP contribution in [0, 0.1) is 0 Å². The minimum Gasteiger partial charge on any atom is -0.198 e. The lowest BCUT2D eigenvalue weighted by molar-refractivity contribution is 0.588. The highest BCUT2D eigenvalue weighted by Gasteiger charge is 2.14. The van der Waals surface area contributed by atoms with E-state index in [0.29, 0.717) is 4.40 Å². The third-order valence-electron chi connectivity index (χ3n) is 0.507. The second-order valence-corrected chi connectivity index (χ2v) is 8.63. The Hall–Kier alpha value is 1.95. The zero-order valence-electron chi connectivity index (χ0n) is 4.70. The fourth-order valence-electron chi connectivity index (χ4n) is 0. The largest absolute Gasteiger partial charge is 0.246 e. The van der Waals surface area contributed by atoms with Crippen LogP contribution in [0.2, 0.25) is 0 Å². The molecule has 0 heterocycles. The van der Waals surface area contributed by atoms with Gasteiger partial charge in [0.05, 0.1) is 0 Å². The lowest BCUT2D eigenvalue weighted by atomic mass is 10.4. The highest BCUT2D eigenvalue weighted by molar-refractivity contribution is 14.2. The van der Waals surface area contributed by atoms with Crippen LogP contribution in [0.1, 0.15) is 13.8 Å². The fourth-order valence-corrected chi connectivity index (χ4v) is 0. The molecule has 0 rings (SSSR count). The monoisotopic (exact) mass is 339 g/mol. The molecule has 0 bridgehead atoms. The van der Waals surface area contributed by atoms with Crippen molar-refractivity contribution in [2.24, 2.45) is 0 Å². The SMILES string of the molecule is C[C](C)([AlH2])N(I)I. The smallest absolute Gasteiger partial charge is 0.198 e. The number of halogens is 2. The van der Waals surface area contributed by atoms with Gasteiger partial charge in [-0.25, -0.2) is 0 Å². The first-order valence-corrected chi connectivity index (χ1v) is 4.99. The second kappa shape index (κ2) is 3.20. The third-order valence-corrected chi connectivity index (χ3v) is 5.67. The fraction of sp³-hybridized carbons (Fsp3) is 1.00. The number of rotatable bonds is 1. The average Bonchev–Trinajstić information content (AvgIpc) is 1.31. The van der Waals surface area contributed by atoms with Crippen molar-refractivity contribution in [2.45, 2.75) is 18.2 Å². The standard InChI is InChI=1S/C3H6I2N.Al.2H/c1-3(2)6(4)5;;;/h1-2H3;;;. The van der Waals surface area contributed by atoms with Gasteiger partial charge in [-0.1, -0.05) is 13.8 Å². The first-order chi connectivity index (χ1) is 2.94. The molecule has 1 nitrogen and oxygen atoms in total. The summed E-state index contributed by atoms with van der Waals surface area (Å²) in [4.78, 5) is 0. The Morgan fingerprint density at radius 3 is 1.57 bits per heavy atom. The van der Waals surface area contributed by atoms with E-state index in [0.717, 1.165) is 0 Å². The van der Waals surface area contributed by atoms with Crippen molar-refractivity contribution in [1.82, 2.24) is 1.33 Å². The second-order valence-electron chi connectivity index (χ2n) is 2.40. The molecule has 0 aromatic rings. The molecule has 0 radical (unpaired) electrons. The van der Waals surface area contributed by atoms with Gasteiger partial charge in [-0.3, -0.25) is 0 Å². The van der Waals surface area contributed by atoms with Gasteiger partial charge in [0.2, 0.25) is 16.3 Å². The Morgan fingerprint density at radius 1 is 1.43 bits per heavy atom. The van der Waals surface area contributed by atoms with Crippen LogP contribution in [0.25, 0.3) is 0 Å². The third kappa shape index (κ3) is 4.46. The highest BCUT2D eigenvalue weighted by atomic mass is 127. The number of hydrogen-bond acceptors (Lipinski definition) is 1. The molecule has 0 aliphatic heterocycles. The molecule has 0 saturated heterocycles. The van der Waals surface area contributed by atoms with Crippen molar-refractivity contribution in [3.63, 3.8) is 0 Å². The predicted octanol–water partition coefficient (Wildman–Crippen LogP) is 1.36. The van der Waals surface area contributed by atoms with Crippen LogP contribution in [0.15, 0.2) is 0 Å². The summed E-state index contributed by atoms with van der Waals surface area (Å²) in [5.74, 6) is 0. The summed E-state index contributed by atoms with van der Waals surface area (Å²) in [6.45, 7) is 4.47. The Labute approximate surface area is 80.6 Å². The Bertz CT molecular complexity index is 58.4. The van der Waals surface area contributed by atoms with Crippen molar-refractivity contribution in [3.05, 3.63) is 0 Å². The molecule has 0 N–H and O–H groups in total. The van der Waals surface area contributed by atoms with Crippen LogP contribution in [0.5, 0.6) is 0 Å². The molecule has 42 valence electrons. The molecule has 0 saturated carbocycles. The zero-order chi connectivity index (χ0) is 6.08. The molecule has 7 heavy (non-hydrogen) atoms. The maximum atomic E-state index is 2.30. The molecular weight excluding hydrogens is 331 g/mol. The predicted molar refractivity (Wildman–Crippen MR) is 52.5 cm³/mol. The van der Waals surface area contributed by atoms with E-state index < -0.39 is 0 Å². The zero-order valence-corrected chi connectivity index (χ0v) is 11.0. The van der Waals surface area contributed by atoms with E-state index in [1.165, 1.54) is 16.3 Å². The van der Waals surface area contributed by atoms with Gasteiger partial charge in [-0.15, -0.1) is 0 Å². The minimum absolute atomic E-state index is 0.446. The molecule has 0 aliphatic rings. The quantitative estimate of drug-likeness (QED) is 0.396. The Morgan fingerprint density at radius 2 is 1.57 bits per heavy atom. The van der Waals surface area contributed by atoms with Gasteiger partial charge in [-0.2, -0.15) is 1.33 Å². The van der Waals surface area contributed by atoms with Crippen molar-refractivity contribution < 1.29 is 0 Å². The maximum Gasteiger partial charge on any atom is 0.246 e. The summed E-state index contributed by atoms with van der Waals surface area (Å²) in [5.41, 5.74) is 0. The molecule has 0 amide bonds. The van der Waals surface area contributed by atoms with Gasteiger partial charge >= 0.3 is 0 Å². The number of nitrogens with zero attached hydrogens (tertiary/aromatic N) is 1. The molecule has 0 aromatic carbocycles. The molecule has 0 aromatic heterocycles. The van der Waals surface area contributed by atoms with Gasteiger partial charge in [0.1, 0.15) is 0 Å². The molecule has 0 atom stereocenters. The van der Waals surface area contributed by atoms with E-state index in [1.807, 2.05) is 0 Å². The van der Waals surface area contributed by atoms with Crippen LogP contribution >= 0.6 is 45.7 Å². The summed E-state index contributed by atoms with van der Waals surface area (Å²) in [7, 11) is 0. The lowest BCUT2D eigenvalue weighted by Gasteiger charge is -2.22. The molecule has 0 spiro atoms. The van der Waals surface area contributed by atoms with Crippen molar-refractivity contribution in [1.29, 1.82) is 0 Å². The van der Waals surface area contributed by atoms with Gasteiger partial charge in [-0.05, 0) is 4.40 Å². The van der Waals surface area contributed by atoms with E-state index in [2.05, 4.69) is 60.9 Å². The van der Waals surface area contributed by atoms with E-state index in [4.69, 9.17) is 0 Å². The first-order valence-electron chi connectivity index (χ1n) is 2.06. The normalized spacial score (nSPS) is 12.7. The van der Waals surface area contributed by atoms with Crippen molar-refractivity contribution in [3.8, 4) is 0 Å². The van der Waals surface area contributed by atoms with Crippen molar-refractivity contribution in [2.75, 3.05) is 0 Å². The summed E-state index contributed by atoms with van der Waals surface area (Å²) < 4.78 is 2.63. The lowest BCUT2D eigenvalue weighted by Crippen LogP contribution is -2.29. The van der Waals surface area contributed by atoms with E-state index in [9.17, 15) is 0 Å². The van der Waals surface area contributed by atoms with Crippen LogP contribution in [0.3, 0.4) is 0 Å². The molecule has 0 aliphatic carbocycles. The summed E-state index contributed by atoms with van der Waals surface area (Å²) in [5, 5.41) is 0. The summed E-state index contributed by atoms with van der Waals surface area (Å²) in [6, 6.07) is 0. The average molecular weight is 339 g/mol. The van der Waals surface area contributed by atoms with Gasteiger partial charge in [0, 0.05) is 45.7 Å². The van der Waals surface area contributed by atoms with Crippen LogP contribution in [-0.2, 0) is 0 Å². The highest BCUT2D eigenvalue weighted by Crippen LogP contribution is 2.19. The van der Waals surface area contributed by atoms with Crippen LogP contribution in [0.4, 0.5) is 0 Å². The Balaban J connectivity index is 3.54. The maximum absolute atomic E-state index is 2.30. The van der Waals surface area contributed by atoms with Crippen LogP contribution in [-0.4, -0.2) is 22.0 Å². The Kier molecular flexibility index (Phi) is 4.10. The minimum atomic E-state index is 0.446. The molecule has 4 heteroatoms. The molecule has 0 unspecified atom stereocenters. The van der Waals surface area contributed by atoms with Crippen LogP contribution < -0.4 is 0 Å². The summed E-state index contributed by atoms with van der Waals surface area (Å²) in [6.07, 6.45) is 0. The topological polar surface area (TPSA) is 3.24 Å².